The van der Waals surface area contributed by atoms with Gasteiger partial charge >= 0.3 is 0 Å². The van der Waals surface area contributed by atoms with Crippen LogP contribution in [-0.2, 0) is 5.54 Å². The summed E-state index contributed by atoms with van der Waals surface area (Å²) in [6, 6.07) is 5.99. The van der Waals surface area contributed by atoms with Crippen molar-refractivity contribution in [2.75, 3.05) is 23.7 Å². The lowest BCUT2D eigenvalue weighted by atomic mass is 9.81. The number of hydrogen-bond acceptors (Lipinski definition) is 9. The van der Waals surface area contributed by atoms with Crippen molar-refractivity contribution in [3.63, 3.8) is 0 Å². The number of amidine groups is 1. The van der Waals surface area contributed by atoms with Crippen molar-refractivity contribution in [1.29, 1.82) is 5.26 Å². The molecule has 35 heavy (non-hydrogen) atoms. The van der Waals surface area contributed by atoms with Crippen LogP contribution in [-0.4, -0.2) is 43.9 Å². The predicted octanol–water partition coefficient (Wildman–Crippen LogP) is 3.28. The molecule has 1 aromatic carbocycles. The highest BCUT2D eigenvalue weighted by Gasteiger charge is 2.52. The van der Waals surface area contributed by atoms with Crippen LogP contribution in [0.3, 0.4) is 0 Å². The van der Waals surface area contributed by atoms with E-state index in [1.807, 2.05) is 4.90 Å². The van der Waals surface area contributed by atoms with E-state index in [9.17, 15) is 14.0 Å². The van der Waals surface area contributed by atoms with Gasteiger partial charge in [-0.15, -0.1) is 0 Å². The summed E-state index contributed by atoms with van der Waals surface area (Å²) in [5.74, 6) is -1.14. The van der Waals surface area contributed by atoms with Crippen LogP contribution in [0, 0.1) is 28.9 Å². The Kier molecular flexibility index (Phi) is 5.86. The van der Waals surface area contributed by atoms with E-state index < -0.39 is 23.0 Å². The van der Waals surface area contributed by atoms with E-state index in [1.165, 1.54) is 48.4 Å². The van der Waals surface area contributed by atoms with E-state index in [0.29, 0.717) is 29.0 Å². The molecule has 3 aromatic rings. The van der Waals surface area contributed by atoms with Gasteiger partial charge in [-0.3, -0.25) is 0 Å². The molecule has 2 aliphatic rings. The number of rotatable bonds is 4. The average Bonchev–Trinajstić information content (AvgIpc) is 3.25. The van der Waals surface area contributed by atoms with E-state index >= 15 is 4.39 Å². The fraction of sp³-hybridized carbons (Fsp3) is 0.217. The number of fused-ring (bicyclic) bond motifs is 1. The van der Waals surface area contributed by atoms with Gasteiger partial charge in [0.2, 0.25) is 5.95 Å². The standard InChI is InChI=1S/C23H17F3N8S/c24-15-8-31-22(32-9-15)34-10-14-11-35-21(28)33-23(14,12-34)16-5-13(1-2-17(16)25)6-18(26)20-19(7-27)29-3-4-30-20/h1-6,8-9,14H,10-12H2,(H2,28,33)/t14-,23-/m0/s1. The molecule has 2 aromatic heterocycles. The number of benzene rings is 1. The number of aromatic nitrogens is 4. The smallest absolute Gasteiger partial charge is 0.225 e. The fourth-order valence-electron chi connectivity index (χ4n) is 4.39. The lowest BCUT2D eigenvalue weighted by Crippen LogP contribution is -2.40. The molecular formula is C23H17F3N8S. The quantitative estimate of drug-likeness (QED) is 0.587. The zero-order valence-corrected chi connectivity index (χ0v) is 18.9. The minimum Gasteiger partial charge on any atom is -0.379 e. The Balaban J connectivity index is 1.57. The first-order valence-electron chi connectivity index (χ1n) is 10.5. The Hall–Kier alpha value is -3.98. The number of nitrogens with two attached hydrogens (primary N) is 1. The first kappa shape index (κ1) is 22.8. The minimum absolute atomic E-state index is 0.155. The molecule has 1 fully saturated rings. The second-order valence-electron chi connectivity index (χ2n) is 8.06. The van der Waals surface area contributed by atoms with Crippen molar-refractivity contribution in [2.45, 2.75) is 5.54 Å². The van der Waals surface area contributed by atoms with Gasteiger partial charge in [-0.05, 0) is 23.8 Å². The van der Waals surface area contributed by atoms with Crippen LogP contribution in [0.2, 0.25) is 0 Å². The number of anilines is 1. The lowest BCUT2D eigenvalue weighted by Gasteiger charge is -2.35. The summed E-state index contributed by atoms with van der Waals surface area (Å²) in [4.78, 5) is 22.3. The Morgan fingerprint density at radius 3 is 2.74 bits per heavy atom. The van der Waals surface area contributed by atoms with Crippen LogP contribution < -0.4 is 10.6 Å². The first-order valence-corrected chi connectivity index (χ1v) is 11.5. The van der Waals surface area contributed by atoms with Crippen LogP contribution >= 0.6 is 11.8 Å². The third kappa shape index (κ3) is 4.19. The van der Waals surface area contributed by atoms with E-state index in [2.05, 4.69) is 24.9 Å². The molecular weight excluding hydrogens is 477 g/mol. The van der Waals surface area contributed by atoms with Crippen LogP contribution in [0.1, 0.15) is 22.5 Å². The second-order valence-corrected chi connectivity index (χ2v) is 9.10. The molecule has 8 nitrogen and oxygen atoms in total. The molecule has 2 N–H and O–H groups in total. The van der Waals surface area contributed by atoms with Crippen molar-refractivity contribution in [3.8, 4) is 6.07 Å². The highest BCUT2D eigenvalue weighted by molar-refractivity contribution is 8.13. The van der Waals surface area contributed by atoms with E-state index in [4.69, 9.17) is 5.73 Å². The molecule has 0 saturated carbocycles. The van der Waals surface area contributed by atoms with Gasteiger partial charge in [0.25, 0.3) is 0 Å². The van der Waals surface area contributed by atoms with Gasteiger partial charge in [-0.25, -0.2) is 38.1 Å². The molecule has 4 heterocycles. The predicted molar refractivity (Wildman–Crippen MR) is 126 cm³/mol. The monoisotopic (exact) mass is 494 g/mol. The second kappa shape index (κ2) is 8.99. The molecule has 0 bridgehead atoms. The van der Waals surface area contributed by atoms with Gasteiger partial charge in [-0.1, -0.05) is 17.8 Å². The number of halogens is 3. The molecule has 2 atom stereocenters. The van der Waals surface area contributed by atoms with Crippen LogP contribution in [0.15, 0.2) is 48.0 Å². The van der Waals surface area contributed by atoms with Gasteiger partial charge in [0, 0.05) is 36.2 Å². The topological polar surface area (TPSA) is 117 Å². The maximum Gasteiger partial charge on any atom is 0.225 e. The number of nitrogens with zero attached hydrogens (tertiary/aromatic N) is 7. The third-order valence-corrected chi connectivity index (χ3v) is 6.92. The maximum atomic E-state index is 15.3. The van der Waals surface area contributed by atoms with Crippen LogP contribution in [0.25, 0.3) is 11.9 Å². The first-order chi connectivity index (χ1) is 16.9. The Morgan fingerprint density at radius 1 is 1.20 bits per heavy atom. The number of hydrogen-bond donors (Lipinski definition) is 1. The van der Waals surface area contributed by atoms with Crippen molar-refractivity contribution < 1.29 is 13.2 Å². The van der Waals surface area contributed by atoms with Gasteiger partial charge < -0.3 is 10.6 Å². The average molecular weight is 495 g/mol. The van der Waals surface area contributed by atoms with Crippen molar-refractivity contribution in [1.82, 2.24) is 19.9 Å². The van der Waals surface area contributed by atoms with Crippen molar-refractivity contribution in [3.05, 3.63) is 77.1 Å². The maximum absolute atomic E-state index is 15.3. The summed E-state index contributed by atoms with van der Waals surface area (Å²) < 4.78 is 43.6. The summed E-state index contributed by atoms with van der Waals surface area (Å²) in [7, 11) is 0. The minimum atomic E-state index is -1.07. The van der Waals surface area contributed by atoms with Crippen LogP contribution in [0.5, 0.6) is 0 Å². The molecule has 12 heteroatoms. The lowest BCUT2D eigenvalue weighted by molar-refractivity contribution is 0.370. The largest absolute Gasteiger partial charge is 0.379 e. The SMILES string of the molecule is N#Cc1nccnc1C(F)=Cc1ccc(F)c([C@]23CN(c4ncc(F)cn4)C[C@H]2CSC(N)=N3)c1. The molecule has 0 radical (unpaired) electrons. The van der Waals surface area contributed by atoms with Crippen molar-refractivity contribution in [2.24, 2.45) is 16.6 Å². The Morgan fingerprint density at radius 2 is 1.97 bits per heavy atom. The summed E-state index contributed by atoms with van der Waals surface area (Å²) in [5.41, 5.74) is 5.24. The molecule has 0 unspecified atom stereocenters. The number of aliphatic imine (C=N–C) groups is 1. The van der Waals surface area contributed by atoms with E-state index in [-0.39, 0.29) is 29.4 Å². The van der Waals surface area contributed by atoms with Gasteiger partial charge in [0.15, 0.2) is 22.5 Å². The van der Waals surface area contributed by atoms with E-state index in [0.717, 1.165) is 12.4 Å². The fourth-order valence-corrected chi connectivity index (χ4v) is 5.37. The van der Waals surface area contributed by atoms with Crippen LogP contribution in [0.4, 0.5) is 19.1 Å². The molecule has 0 amide bonds. The molecule has 2 aliphatic heterocycles. The summed E-state index contributed by atoms with van der Waals surface area (Å²) in [6.45, 7) is 0.661. The van der Waals surface area contributed by atoms with Gasteiger partial charge in [0.05, 0.1) is 18.9 Å². The molecule has 0 aliphatic carbocycles. The summed E-state index contributed by atoms with van der Waals surface area (Å²) >= 11 is 1.37. The Labute approximate surface area is 202 Å². The molecule has 5 rings (SSSR count). The third-order valence-electron chi connectivity index (χ3n) is 5.96. The summed E-state index contributed by atoms with van der Waals surface area (Å²) in [5, 5.41) is 9.50. The molecule has 1 saturated heterocycles. The summed E-state index contributed by atoms with van der Waals surface area (Å²) in [6.07, 6.45) is 5.88. The van der Waals surface area contributed by atoms with Gasteiger partial charge in [0.1, 0.15) is 23.1 Å². The highest BCUT2D eigenvalue weighted by atomic mass is 32.2. The number of thioether (sulfide) groups is 1. The Bertz CT molecular complexity index is 1390. The molecule has 0 spiro atoms. The number of nitriles is 1. The zero-order valence-electron chi connectivity index (χ0n) is 18.1. The van der Waals surface area contributed by atoms with Gasteiger partial charge in [-0.2, -0.15) is 5.26 Å². The van der Waals surface area contributed by atoms with Crippen molar-refractivity contribution >= 4 is 34.8 Å². The normalized spacial score (nSPS) is 21.9. The highest BCUT2D eigenvalue weighted by Crippen LogP contribution is 2.47. The van der Waals surface area contributed by atoms with E-state index in [1.54, 1.807) is 6.07 Å². The zero-order chi connectivity index (χ0) is 24.6. The molecule has 176 valence electrons.